The lowest BCUT2D eigenvalue weighted by Crippen LogP contribution is -2.37. The van der Waals surface area contributed by atoms with Crippen LogP contribution in [0.5, 0.6) is 0 Å². The maximum absolute atomic E-state index is 12.9. The van der Waals surface area contributed by atoms with Gasteiger partial charge in [0.25, 0.3) is 5.91 Å². The van der Waals surface area contributed by atoms with Crippen molar-refractivity contribution in [3.05, 3.63) is 63.7 Å². The number of aryl methyl sites for hydroxylation is 2. The number of likely N-dealkylation sites (tertiary alicyclic amines) is 1. The summed E-state index contributed by atoms with van der Waals surface area (Å²) in [4.78, 5) is 15.3. The van der Waals surface area contributed by atoms with Gasteiger partial charge in [0, 0.05) is 41.9 Å². The number of fused-ring (bicyclic) bond motifs is 3. The van der Waals surface area contributed by atoms with Crippen LogP contribution in [0.25, 0.3) is 11.3 Å². The predicted molar refractivity (Wildman–Crippen MR) is 125 cm³/mol. The zero-order chi connectivity index (χ0) is 22.1. The highest BCUT2D eigenvalue weighted by Gasteiger charge is 2.29. The zero-order valence-electron chi connectivity index (χ0n) is 18.5. The van der Waals surface area contributed by atoms with Crippen molar-refractivity contribution < 1.29 is 9.21 Å². The first-order chi connectivity index (χ1) is 15.6. The maximum Gasteiger partial charge on any atom is 0.287 e. The van der Waals surface area contributed by atoms with Crippen LogP contribution in [-0.4, -0.2) is 46.8 Å². The van der Waals surface area contributed by atoms with Gasteiger partial charge in [-0.3, -0.25) is 9.48 Å². The fourth-order valence-electron chi connectivity index (χ4n) is 4.87. The molecule has 5 rings (SSSR count). The Morgan fingerprint density at radius 1 is 1.22 bits per heavy atom. The predicted octanol–water partition coefficient (Wildman–Crippen LogP) is 4.47. The Bertz CT molecular complexity index is 1130. The van der Waals surface area contributed by atoms with Gasteiger partial charge in [-0.15, -0.1) is 0 Å². The molecule has 0 unspecified atom stereocenters. The Morgan fingerprint density at radius 3 is 2.88 bits per heavy atom. The molecule has 1 aliphatic carbocycles. The molecule has 1 aliphatic heterocycles. The smallest absolute Gasteiger partial charge is 0.287 e. The number of amides is 1. The van der Waals surface area contributed by atoms with Crippen molar-refractivity contribution in [2.24, 2.45) is 0 Å². The van der Waals surface area contributed by atoms with E-state index in [1.165, 1.54) is 24.8 Å². The molecule has 1 aromatic carbocycles. The molecule has 0 spiro atoms. The van der Waals surface area contributed by atoms with Gasteiger partial charge in [-0.05, 0) is 62.5 Å². The van der Waals surface area contributed by atoms with E-state index < -0.39 is 0 Å². The average molecular weight is 453 g/mol. The molecular formula is C25H29ClN4O2. The van der Waals surface area contributed by atoms with E-state index in [2.05, 4.69) is 16.4 Å². The third-order valence-corrected chi connectivity index (χ3v) is 6.75. The molecule has 3 heterocycles. The molecule has 0 atom stereocenters. The largest absolute Gasteiger partial charge is 0.455 e. The van der Waals surface area contributed by atoms with Crippen LogP contribution < -0.4 is 5.32 Å². The molecule has 1 amide bonds. The number of nitrogens with one attached hydrogen (secondary N) is 1. The number of halogens is 1. The highest BCUT2D eigenvalue weighted by atomic mass is 35.5. The average Bonchev–Trinajstić information content (AvgIpc) is 3.34. The normalized spacial score (nSPS) is 15.9. The quantitative estimate of drug-likeness (QED) is 0.599. The molecular weight excluding hydrogens is 424 g/mol. The van der Waals surface area contributed by atoms with E-state index in [1.807, 2.05) is 35.9 Å². The highest BCUT2D eigenvalue weighted by Crippen LogP contribution is 2.38. The minimum Gasteiger partial charge on any atom is -0.455 e. The zero-order valence-corrected chi connectivity index (χ0v) is 19.2. The lowest BCUT2D eigenvalue weighted by Gasteiger charge is -2.26. The Labute approximate surface area is 193 Å². The number of furan rings is 1. The van der Waals surface area contributed by atoms with Gasteiger partial charge in [-0.25, -0.2) is 0 Å². The molecule has 0 bridgehead atoms. The lowest BCUT2D eigenvalue weighted by molar-refractivity contribution is 0.0916. The number of carbonyl (C=O) groups excluding carboxylic acids is 1. The lowest BCUT2D eigenvalue weighted by atomic mass is 9.93. The summed E-state index contributed by atoms with van der Waals surface area (Å²) < 4.78 is 8.00. The third kappa shape index (κ3) is 4.34. The summed E-state index contributed by atoms with van der Waals surface area (Å²) in [5, 5.41) is 8.63. The molecule has 32 heavy (non-hydrogen) atoms. The number of aromatic nitrogens is 2. The van der Waals surface area contributed by atoms with Crippen molar-refractivity contribution in [1.82, 2.24) is 20.0 Å². The number of rotatable bonds is 6. The van der Waals surface area contributed by atoms with E-state index in [1.54, 1.807) is 0 Å². The van der Waals surface area contributed by atoms with Gasteiger partial charge < -0.3 is 14.6 Å². The molecule has 1 N–H and O–H groups in total. The van der Waals surface area contributed by atoms with E-state index in [9.17, 15) is 4.79 Å². The first-order valence-corrected chi connectivity index (χ1v) is 11.9. The second-order valence-electron chi connectivity index (χ2n) is 8.84. The molecule has 2 aliphatic rings. The Kier molecular flexibility index (Phi) is 6.07. The van der Waals surface area contributed by atoms with Crippen LogP contribution in [0, 0.1) is 6.92 Å². The van der Waals surface area contributed by atoms with Crippen LogP contribution in [-0.2, 0) is 19.4 Å². The molecule has 0 radical (unpaired) electrons. The van der Waals surface area contributed by atoms with Crippen LogP contribution in [0.2, 0.25) is 5.02 Å². The summed E-state index contributed by atoms with van der Waals surface area (Å²) in [7, 11) is 0. The van der Waals surface area contributed by atoms with Gasteiger partial charge in [0.2, 0.25) is 0 Å². The number of hydrogen-bond acceptors (Lipinski definition) is 4. The summed E-state index contributed by atoms with van der Waals surface area (Å²) >= 11 is 6.13. The number of hydrogen-bond donors (Lipinski definition) is 1. The molecule has 2 aromatic heterocycles. The van der Waals surface area contributed by atoms with E-state index in [4.69, 9.17) is 21.1 Å². The first-order valence-electron chi connectivity index (χ1n) is 11.5. The van der Waals surface area contributed by atoms with E-state index in [0.29, 0.717) is 18.8 Å². The van der Waals surface area contributed by atoms with Crippen LogP contribution in [0.1, 0.15) is 52.3 Å². The van der Waals surface area contributed by atoms with Crippen molar-refractivity contribution in [3.8, 4) is 11.3 Å². The van der Waals surface area contributed by atoms with Crippen molar-refractivity contribution >= 4 is 17.5 Å². The van der Waals surface area contributed by atoms with E-state index in [0.717, 1.165) is 65.6 Å². The molecule has 3 aromatic rings. The number of nitrogens with zero attached hydrogens (tertiary/aromatic N) is 3. The van der Waals surface area contributed by atoms with Crippen molar-refractivity contribution in [1.29, 1.82) is 0 Å². The van der Waals surface area contributed by atoms with Crippen molar-refractivity contribution in [2.75, 3.05) is 26.2 Å². The SMILES string of the molecule is Cc1c(C(=O)NCCN2CCCCC2)oc2c1-c1nn(Cc3cccc(Cl)c3)cc1CC2. The van der Waals surface area contributed by atoms with Gasteiger partial charge in [-0.1, -0.05) is 30.2 Å². The minimum absolute atomic E-state index is 0.131. The van der Waals surface area contributed by atoms with Gasteiger partial charge >= 0.3 is 0 Å². The summed E-state index contributed by atoms with van der Waals surface area (Å²) in [5.41, 5.74) is 5.10. The summed E-state index contributed by atoms with van der Waals surface area (Å²) in [6.07, 6.45) is 7.57. The Balaban J connectivity index is 1.31. The molecule has 7 heteroatoms. The topological polar surface area (TPSA) is 63.3 Å². The van der Waals surface area contributed by atoms with E-state index in [-0.39, 0.29) is 5.91 Å². The third-order valence-electron chi connectivity index (χ3n) is 6.52. The summed E-state index contributed by atoms with van der Waals surface area (Å²) in [6.45, 7) is 6.41. The van der Waals surface area contributed by atoms with Crippen LogP contribution in [0.4, 0.5) is 0 Å². The van der Waals surface area contributed by atoms with E-state index >= 15 is 0 Å². The molecule has 1 fully saturated rings. The van der Waals surface area contributed by atoms with Crippen molar-refractivity contribution in [3.63, 3.8) is 0 Å². The molecule has 1 saturated heterocycles. The Morgan fingerprint density at radius 2 is 2.06 bits per heavy atom. The summed E-state index contributed by atoms with van der Waals surface area (Å²) in [5.74, 6) is 1.16. The number of piperidine rings is 1. The van der Waals surface area contributed by atoms with Gasteiger partial charge in [0.05, 0.1) is 12.2 Å². The Hall–Kier alpha value is -2.57. The summed E-state index contributed by atoms with van der Waals surface area (Å²) in [6, 6.07) is 7.84. The number of carbonyl (C=O) groups is 1. The van der Waals surface area contributed by atoms with Gasteiger partial charge in [-0.2, -0.15) is 5.10 Å². The number of benzene rings is 1. The van der Waals surface area contributed by atoms with Crippen molar-refractivity contribution in [2.45, 2.75) is 45.6 Å². The highest BCUT2D eigenvalue weighted by molar-refractivity contribution is 6.30. The molecule has 6 nitrogen and oxygen atoms in total. The monoisotopic (exact) mass is 452 g/mol. The van der Waals surface area contributed by atoms with Gasteiger partial charge in [0.1, 0.15) is 5.76 Å². The van der Waals surface area contributed by atoms with Gasteiger partial charge in [0.15, 0.2) is 5.76 Å². The van der Waals surface area contributed by atoms with Crippen LogP contribution >= 0.6 is 11.6 Å². The van der Waals surface area contributed by atoms with Crippen LogP contribution in [0.15, 0.2) is 34.9 Å². The second-order valence-corrected chi connectivity index (χ2v) is 9.28. The first kappa shape index (κ1) is 21.3. The fourth-order valence-corrected chi connectivity index (χ4v) is 5.09. The minimum atomic E-state index is -0.131. The van der Waals surface area contributed by atoms with Crippen LogP contribution in [0.3, 0.4) is 0 Å². The second kappa shape index (κ2) is 9.12. The fraction of sp³-hybridized carbons (Fsp3) is 0.440. The molecule has 0 saturated carbocycles. The standard InChI is InChI=1S/C25H29ClN4O2/c1-17-22-21(32-24(17)25(31)27-10-13-29-11-3-2-4-12-29)9-8-19-16-30(28-23(19)22)15-18-6-5-7-20(26)14-18/h5-7,14,16H,2-4,8-13,15H2,1H3,(H,27,31). The molecule has 168 valence electrons. The maximum atomic E-state index is 12.9.